The summed E-state index contributed by atoms with van der Waals surface area (Å²) in [5.41, 5.74) is -1.46. The van der Waals surface area contributed by atoms with Crippen molar-refractivity contribution in [3.63, 3.8) is 0 Å². The molecule has 0 aromatic carbocycles. The minimum absolute atomic E-state index is 0.153. The van der Waals surface area contributed by atoms with E-state index < -0.39 is 16.9 Å². The molecule has 0 aromatic heterocycles. The summed E-state index contributed by atoms with van der Waals surface area (Å²) in [6.45, 7) is 3.79. The predicted molar refractivity (Wildman–Crippen MR) is 73.9 cm³/mol. The lowest BCUT2D eigenvalue weighted by atomic mass is 9.80. The van der Waals surface area contributed by atoms with Crippen LogP contribution >= 0.6 is 0 Å². The van der Waals surface area contributed by atoms with Crippen LogP contribution in [0.25, 0.3) is 0 Å². The number of hydrogen-bond donors (Lipinski definition) is 3. The number of likely N-dealkylation sites (N-methyl/N-ethyl adjacent to an activating group) is 1. The van der Waals surface area contributed by atoms with Crippen molar-refractivity contribution in [3.05, 3.63) is 0 Å². The molecule has 0 saturated heterocycles. The molecule has 0 atom stereocenters. The lowest BCUT2D eigenvalue weighted by Crippen LogP contribution is -2.54. The number of carboxylic acid groups (broad SMARTS) is 1. The summed E-state index contributed by atoms with van der Waals surface area (Å²) < 4.78 is 0. The van der Waals surface area contributed by atoms with E-state index in [2.05, 4.69) is 10.6 Å². The van der Waals surface area contributed by atoms with Crippen LogP contribution in [0.1, 0.15) is 52.4 Å². The van der Waals surface area contributed by atoms with E-state index in [4.69, 9.17) is 0 Å². The van der Waals surface area contributed by atoms with Crippen LogP contribution in [-0.4, -0.2) is 36.1 Å². The van der Waals surface area contributed by atoms with Gasteiger partial charge in [0.15, 0.2) is 0 Å². The first-order chi connectivity index (χ1) is 8.84. The topological polar surface area (TPSA) is 78.4 Å². The Balaban J connectivity index is 2.69. The normalized spacial score (nSPS) is 19.5. The van der Waals surface area contributed by atoms with Crippen molar-refractivity contribution in [1.29, 1.82) is 0 Å². The van der Waals surface area contributed by atoms with Gasteiger partial charge in [0.05, 0.1) is 11.0 Å². The molecule has 0 aliphatic heterocycles. The molecule has 5 heteroatoms. The van der Waals surface area contributed by atoms with Gasteiger partial charge in [-0.25, -0.2) is 0 Å². The average Bonchev–Trinajstić information content (AvgIpc) is 2.62. The standard InChI is InChI=1S/C14H26N2O3/c1-13(2,15-3)11(17)16-10-14(12(18)19)8-6-4-5-7-9-14/h15H,4-10H2,1-3H3,(H,16,17)(H,18,19). The number of hydrogen-bond acceptors (Lipinski definition) is 3. The van der Waals surface area contributed by atoms with Crippen molar-refractivity contribution < 1.29 is 14.7 Å². The SMILES string of the molecule is CNC(C)(C)C(=O)NCC1(C(=O)O)CCCCCC1. The Labute approximate surface area is 115 Å². The van der Waals surface area contributed by atoms with Gasteiger partial charge in [0.1, 0.15) is 0 Å². The maximum absolute atomic E-state index is 12.0. The lowest BCUT2D eigenvalue weighted by molar-refractivity contribution is -0.150. The number of nitrogens with one attached hydrogen (secondary N) is 2. The third-order valence-electron chi connectivity index (χ3n) is 4.29. The van der Waals surface area contributed by atoms with Gasteiger partial charge in [0, 0.05) is 6.54 Å². The fourth-order valence-corrected chi connectivity index (χ4v) is 2.46. The van der Waals surface area contributed by atoms with Crippen LogP contribution < -0.4 is 10.6 Å². The molecular formula is C14H26N2O3. The highest BCUT2D eigenvalue weighted by Crippen LogP contribution is 2.34. The molecule has 110 valence electrons. The molecule has 3 N–H and O–H groups in total. The zero-order valence-electron chi connectivity index (χ0n) is 12.2. The summed E-state index contributed by atoms with van der Waals surface area (Å²) in [6, 6.07) is 0. The van der Waals surface area contributed by atoms with Crippen LogP contribution in [0.5, 0.6) is 0 Å². The summed E-state index contributed by atoms with van der Waals surface area (Å²) in [5, 5.41) is 15.3. The second kappa shape index (κ2) is 6.37. The van der Waals surface area contributed by atoms with Gasteiger partial charge in [0.25, 0.3) is 0 Å². The van der Waals surface area contributed by atoms with Crippen molar-refractivity contribution in [2.75, 3.05) is 13.6 Å². The van der Waals surface area contributed by atoms with Crippen LogP contribution in [-0.2, 0) is 9.59 Å². The smallest absolute Gasteiger partial charge is 0.311 e. The molecule has 1 saturated carbocycles. The Hall–Kier alpha value is -1.10. The lowest BCUT2D eigenvalue weighted by Gasteiger charge is -2.30. The predicted octanol–water partition coefficient (Wildman–Crippen LogP) is 1.53. The summed E-state index contributed by atoms with van der Waals surface area (Å²) in [5.74, 6) is -0.933. The van der Waals surface area contributed by atoms with Crippen LogP contribution in [0.3, 0.4) is 0 Å². The van der Waals surface area contributed by atoms with Gasteiger partial charge < -0.3 is 15.7 Å². The van der Waals surface area contributed by atoms with Crippen LogP contribution in [0.4, 0.5) is 0 Å². The minimum atomic E-state index is -0.782. The molecule has 1 aliphatic carbocycles. The van der Waals surface area contributed by atoms with E-state index in [1.165, 1.54) is 0 Å². The molecule has 1 rings (SSSR count). The van der Waals surface area contributed by atoms with E-state index in [-0.39, 0.29) is 12.5 Å². The Morgan fingerprint density at radius 2 is 1.68 bits per heavy atom. The van der Waals surface area contributed by atoms with Gasteiger partial charge in [-0.2, -0.15) is 0 Å². The van der Waals surface area contributed by atoms with Crippen molar-refractivity contribution in [3.8, 4) is 0 Å². The molecule has 19 heavy (non-hydrogen) atoms. The highest BCUT2D eigenvalue weighted by atomic mass is 16.4. The largest absolute Gasteiger partial charge is 0.481 e. The first-order valence-electron chi connectivity index (χ1n) is 7.05. The number of aliphatic carboxylic acids is 1. The van der Waals surface area contributed by atoms with E-state index >= 15 is 0 Å². The molecule has 0 radical (unpaired) electrons. The zero-order valence-corrected chi connectivity index (χ0v) is 12.2. The third-order valence-corrected chi connectivity index (χ3v) is 4.29. The number of carboxylic acids is 1. The van der Waals surface area contributed by atoms with Crippen molar-refractivity contribution in [1.82, 2.24) is 10.6 Å². The van der Waals surface area contributed by atoms with Gasteiger partial charge >= 0.3 is 5.97 Å². The molecular weight excluding hydrogens is 244 g/mol. The third kappa shape index (κ3) is 3.93. The Morgan fingerprint density at radius 3 is 2.11 bits per heavy atom. The molecule has 1 amide bonds. The number of carbonyl (C=O) groups is 2. The summed E-state index contributed by atoms with van der Waals surface area (Å²) >= 11 is 0. The highest BCUT2D eigenvalue weighted by molar-refractivity contribution is 5.86. The Kier molecular flexibility index (Phi) is 5.35. The van der Waals surface area contributed by atoms with Crippen molar-refractivity contribution in [2.24, 2.45) is 5.41 Å². The number of amides is 1. The molecule has 1 aliphatic rings. The Bertz CT molecular complexity index is 332. The molecule has 5 nitrogen and oxygen atoms in total. The summed E-state index contributed by atoms with van der Waals surface area (Å²) in [7, 11) is 1.72. The van der Waals surface area contributed by atoms with E-state index in [0.717, 1.165) is 25.7 Å². The summed E-state index contributed by atoms with van der Waals surface area (Å²) in [4.78, 5) is 23.6. The van der Waals surface area contributed by atoms with Crippen LogP contribution in [0, 0.1) is 5.41 Å². The molecule has 1 fully saturated rings. The van der Waals surface area contributed by atoms with E-state index in [1.54, 1.807) is 20.9 Å². The van der Waals surface area contributed by atoms with E-state index in [9.17, 15) is 14.7 Å². The first kappa shape index (κ1) is 16.0. The van der Waals surface area contributed by atoms with Crippen molar-refractivity contribution >= 4 is 11.9 Å². The van der Waals surface area contributed by atoms with Gasteiger partial charge in [-0.1, -0.05) is 25.7 Å². The fourth-order valence-electron chi connectivity index (χ4n) is 2.46. The summed E-state index contributed by atoms with van der Waals surface area (Å²) in [6.07, 6.45) is 5.34. The van der Waals surface area contributed by atoms with Gasteiger partial charge in [0.2, 0.25) is 5.91 Å². The van der Waals surface area contributed by atoms with E-state index in [0.29, 0.717) is 12.8 Å². The molecule has 0 unspecified atom stereocenters. The minimum Gasteiger partial charge on any atom is -0.481 e. The fraction of sp³-hybridized carbons (Fsp3) is 0.857. The highest BCUT2D eigenvalue weighted by Gasteiger charge is 2.39. The molecule has 0 bridgehead atoms. The maximum Gasteiger partial charge on any atom is 0.311 e. The van der Waals surface area contributed by atoms with Gasteiger partial charge in [-0.3, -0.25) is 9.59 Å². The molecule has 0 heterocycles. The van der Waals surface area contributed by atoms with Gasteiger partial charge in [-0.05, 0) is 33.7 Å². The quantitative estimate of drug-likeness (QED) is 0.662. The second-order valence-corrected chi connectivity index (χ2v) is 6.06. The monoisotopic (exact) mass is 270 g/mol. The van der Waals surface area contributed by atoms with Crippen LogP contribution in [0.2, 0.25) is 0 Å². The molecule has 0 spiro atoms. The second-order valence-electron chi connectivity index (χ2n) is 6.06. The van der Waals surface area contributed by atoms with Crippen molar-refractivity contribution in [2.45, 2.75) is 57.9 Å². The molecule has 0 aromatic rings. The van der Waals surface area contributed by atoms with Gasteiger partial charge in [-0.15, -0.1) is 0 Å². The number of carbonyl (C=O) groups excluding carboxylic acids is 1. The van der Waals surface area contributed by atoms with E-state index in [1.807, 2.05) is 0 Å². The first-order valence-corrected chi connectivity index (χ1v) is 7.05. The maximum atomic E-state index is 12.0. The Morgan fingerprint density at radius 1 is 1.16 bits per heavy atom. The number of rotatable bonds is 5. The average molecular weight is 270 g/mol. The zero-order chi connectivity index (χ0) is 14.5. The van der Waals surface area contributed by atoms with Crippen LogP contribution in [0.15, 0.2) is 0 Å².